The van der Waals surface area contributed by atoms with Gasteiger partial charge in [0, 0.05) is 25.7 Å². The Bertz CT molecular complexity index is 947. The molecular formula is C20H27ClN4O3S. The maximum absolute atomic E-state index is 12.4. The van der Waals surface area contributed by atoms with Crippen LogP contribution in [0.4, 0.5) is 11.4 Å². The fraction of sp³-hybridized carbons (Fsp3) is 0.350. The van der Waals surface area contributed by atoms with Gasteiger partial charge in [-0.25, -0.2) is 12.7 Å². The molecule has 2 aromatic rings. The van der Waals surface area contributed by atoms with E-state index in [-0.39, 0.29) is 23.4 Å². The lowest BCUT2D eigenvalue weighted by atomic mass is 10.1. The molecule has 2 aromatic carbocycles. The van der Waals surface area contributed by atoms with Gasteiger partial charge in [0.2, 0.25) is 15.9 Å². The normalized spacial score (nSPS) is 12.5. The van der Waals surface area contributed by atoms with Crippen LogP contribution in [0.5, 0.6) is 0 Å². The first-order valence-corrected chi connectivity index (χ1v) is 11.1. The van der Waals surface area contributed by atoms with Crippen molar-refractivity contribution in [1.82, 2.24) is 9.62 Å². The van der Waals surface area contributed by atoms with Gasteiger partial charge in [0.05, 0.1) is 28.9 Å². The van der Waals surface area contributed by atoms with Gasteiger partial charge in [0.25, 0.3) is 0 Å². The summed E-state index contributed by atoms with van der Waals surface area (Å²) in [5.74, 6) is -0.212. The molecule has 0 aliphatic rings. The maximum atomic E-state index is 12.4. The maximum Gasteiger partial charge on any atom is 0.242 e. The van der Waals surface area contributed by atoms with E-state index in [9.17, 15) is 13.2 Å². The van der Waals surface area contributed by atoms with Crippen LogP contribution in [0.2, 0.25) is 5.02 Å². The Morgan fingerprint density at radius 1 is 1.07 bits per heavy atom. The molecule has 0 saturated heterocycles. The number of halogens is 1. The van der Waals surface area contributed by atoms with Gasteiger partial charge in [-0.3, -0.25) is 4.79 Å². The number of carbonyl (C=O) groups excluding carboxylic acids is 1. The third kappa shape index (κ3) is 6.09. The summed E-state index contributed by atoms with van der Waals surface area (Å²) >= 11 is 5.90. The highest BCUT2D eigenvalue weighted by atomic mass is 35.5. The van der Waals surface area contributed by atoms with Gasteiger partial charge in [-0.15, -0.1) is 0 Å². The Kier molecular flexibility index (Phi) is 7.89. The number of nitrogens with zero attached hydrogens (tertiary/aromatic N) is 1. The monoisotopic (exact) mass is 438 g/mol. The van der Waals surface area contributed by atoms with E-state index in [4.69, 9.17) is 11.6 Å². The van der Waals surface area contributed by atoms with Crippen molar-refractivity contribution in [2.45, 2.75) is 24.8 Å². The molecule has 7 nitrogen and oxygen atoms in total. The highest BCUT2D eigenvalue weighted by Crippen LogP contribution is 2.26. The number of sulfonamides is 1. The van der Waals surface area contributed by atoms with Gasteiger partial charge >= 0.3 is 0 Å². The molecule has 0 saturated carbocycles. The standard InChI is InChI=1S/C20H27ClN4O3S/c1-5-22-18-11-10-17(29(27,28)25(3)4)12-19(18)23-13-20(26)24-14(2)15-6-8-16(21)9-7-15/h6-12,14,22-23H,5,13H2,1-4H3,(H,24,26). The molecule has 0 radical (unpaired) electrons. The molecule has 0 aromatic heterocycles. The minimum absolute atomic E-state index is 0.00178. The van der Waals surface area contributed by atoms with Crippen LogP contribution in [0.1, 0.15) is 25.5 Å². The second-order valence-corrected chi connectivity index (χ2v) is 9.31. The molecule has 0 fully saturated rings. The highest BCUT2D eigenvalue weighted by molar-refractivity contribution is 7.89. The predicted molar refractivity (Wildman–Crippen MR) is 118 cm³/mol. The van der Waals surface area contributed by atoms with Crippen LogP contribution >= 0.6 is 11.6 Å². The van der Waals surface area contributed by atoms with Crippen molar-refractivity contribution in [2.75, 3.05) is 37.8 Å². The SMILES string of the molecule is CCNc1ccc(S(=O)(=O)N(C)C)cc1NCC(=O)NC(C)c1ccc(Cl)cc1. The lowest BCUT2D eigenvalue weighted by Gasteiger charge is -2.18. The Balaban J connectivity index is 2.11. The molecule has 158 valence electrons. The van der Waals surface area contributed by atoms with Crippen molar-refractivity contribution in [2.24, 2.45) is 0 Å². The van der Waals surface area contributed by atoms with Crippen molar-refractivity contribution in [3.63, 3.8) is 0 Å². The second kappa shape index (κ2) is 9.96. The molecule has 1 unspecified atom stereocenters. The number of hydrogen-bond donors (Lipinski definition) is 3. The van der Waals surface area contributed by atoms with E-state index in [2.05, 4.69) is 16.0 Å². The molecule has 3 N–H and O–H groups in total. The average Bonchev–Trinajstić information content (AvgIpc) is 2.67. The molecule has 9 heteroatoms. The van der Waals surface area contributed by atoms with Gasteiger partial charge in [-0.05, 0) is 49.7 Å². The van der Waals surface area contributed by atoms with E-state index in [0.717, 1.165) is 15.6 Å². The van der Waals surface area contributed by atoms with E-state index in [1.165, 1.54) is 20.2 Å². The predicted octanol–water partition coefficient (Wildman–Crippen LogP) is 3.31. The van der Waals surface area contributed by atoms with Gasteiger partial charge in [-0.1, -0.05) is 23.7 Å². The molecule has 0 bridgehead atoms. The first kappa shape index (κ1) is 23.0. The van der Waals surface area contributed by atoms with Crippen LogP contribution < -0.4 is 16.0 Å². The summed E-state index contributed by atoms with van der Waals surface area (Å²) in [7, 11) is -0.617. The number of anilines is 2. The zero-order valence-electron chi connectivity index (χ0n) is 17.0. The third-order valence-electron chi connectivity index (χ3n) is 4.32. The fourth-order valence-corrected chi connectivity index (χ4v) is 3.74. The van der Waals surface area contributed by atoms with Gasteiger partial charge in [0.15, 0.2) is 0 Å². The lowest BCUT2D eigenvalue weighted by molar-refractivity contribution is -0.120. The van der Waals surface area contributed by atoms with Gasteiger partial charge in [-0.2, -0.15) is 0 Å². The molecule has 29 heavy (non-hydrogen) atoms. The lowest BCUT2D eigenvalue weighted by Crippen LogP contribution is -2.32. The van der Waals surface area contributed by atoms with Crippen LogP contribution in [0.25, 0.3) is 0 Å². The molecule has 0 spiro atoms. The van der Waals surface area contributed by atoms with E-state index in [1.807, 2.05) is 26.0 Å². The van der Waals surface area contributed by atoms with E-state index >= 15 is 0 Å². The van der Waals surface area contributed by atoms with Crippen molar-refractivity contribution < 1.29 is 13.2 Å². The zero-order chi connectivity index (χ0) is 21.6. The number of nitrogens with one attached hydrogen (secondary N) is 3. The third-order valence-corrected chi connectivity index (χ3v) is 6.39. The van der Waals surface area contributed by atoms with Crippen LogP contribution in [0.3, 0.4) is 0 Å². The van der Waals surface area contributed by atoms with Crippen molar-refractivity contribution in [3.8, 4) is 0 Å². The quantitative estimate of drug-likeness (QED) is 0.558. The summed E-state index contributed by atoms with van der Waals surface area (Å²) in [6.07, 6.45) is 0. The average molecular weight is 439 g/mol. The molecule has 1 atom stereocenters. The Morgan fingerprint density at radius 3 is 2.31 bits per heavy atom. The van der Waals surface area contributed by atoms with Crippen LogP contribution in [-0.2, 0) is 14.8 Å². The fourth-order valence-electron chi connectivity index (χ4n) is 2.69. The summed E-state index contributed by atoms with van der Waals surface area (Å²) < 4.78 is 26.0. The number of benzene rings is 2. The summed E-state index contributed by atoms with van der Waals surface area (Å²) in [6.45, 7) is 4.49. The minimum atomic E-state index is -3.57. The Hall–Kier alpha value is -2.29. The molecule has 0 heterocycles. The van der Waals surface area contributed by atoms with Crippen molar-refractivity contribution in [3.05, 3.63) is 53.1 Å². The molecule has 1 amide bonds. The second-order valence-electron chi connectivity index (χ2n) is 6.72. The minimum Gasteiger partial charge on any atom is -0.384 e. The van der Waals surface area contributed by atoms with Crippen LogP contribution in [-0.4, -0.2) is 45.8 Å². The van der Waals surface area contributed by atoms with Gasteiger partial charge < -0.3 is 16.0 Å². The summed E-state index contributed by atoms with van der Waals surface area (Å²) in [6, 6.07) is 11.9. The molecule has 0 aliphatic heterocycles. The molecular weight excluding hydrogens is 412 g/mol. The smallest absolute Gasteiger partial charge is 0.242 e. The summed E-state index contributed by atoms with van der Waals surface area (Å²) in [5.41, 5.74) is 2.21. The largest absolute Gasteiger partial charge is 0.384 e. The van der Waals surface area contributed by atoms with Gasteiger partial charge in [0.1, 0.15) is 0 Å². The number of hydrogen-bond acceptors (Lipinski definition) is 5. The summed E-state index contributed by atoms with van der Waals surface area (Å²) in [4.78, 5) is 12.5. The van der Waals surface area contributed by atoms with Crippen LogP contribution in [0.15, 0.2) is 47.4 Å². The molecule has 2 rings (SSSR count). The van der Waals surface area contributed by atoms with Crippen molar-refractivity contribution >= 4 is 38.9 Å². The van der Waals surface area contributed by atoms with E-state index in [0.29, 0.717) is 17.3 Å². The summed E-state index contributed by atoms with van der Waals surface area (Å²) in [5, 5.41) is 9.75. The van der Waals surface area contributed by atoms with E-state index in [1.54, 1.807) is 24.3 Å². The highest BCUT2D eigenvalue weighted by Gasteiger charge is 2.19. The Labute approximate surface area is 177 Å². The molecule has 0 aliphatic carbocycles. The van der Waals surface area contributed by atoms with Crippen LogP contribution in [0, 0.1) is 0 Å². The first-order valence-electron chi connectivity index (χ1n) is 9.24. The van der Waals surface area contributed by atoms with E-state index < -0.39 is 10.0 Å². The first-order chi connectivity index (χ1) is 13.6. The van der Waals surface area contributed by atoms with Crippen molar-refractivity contribution in [1.29, 1.82) is 0 Å². The number of rotatable bonds is 9. The number of amides is 1. The Morgan fingerprint density at radius 2 is 1.72 bits per heavy atom. The topological polar surface area (TPSA) is 90.5 Å². The number of carbonyl (C=O) groups is 1. The zero-order valence-corrected chi connectivity index (χ0v) is 18.6.